The summed E-state index contributed by atoms with van der Waals surface area (Å²) in [7, 11) is 0. The average Bonchev–Trinajstić information content (AvgIpc) is 2.84. The van der Waals surface area contributed by atoms with E-state index in [0.29, 0.717) is 35.3 Å². The van der Waals surface area contributed by atoms with Crippen molar-refractivity contribution in [3.63, 3.8) is 0 Å². The molecule has 33 heavy (non-hydrogen) atoms. The lowest BCUT2D eigenvalue weighted by molar-refractivity contribution is -0.139. The van der Waals surface area contributed by atoms with Crippen LogP contribution in [0.1, 0.15) is 23.6 Å². The molecular weight excluding hydrogens is 442 g/mol. The van der Waals surface area contributed by atoms with Crippen LogP contribution in [0.3, 0.4) is 0 Å². The van der Waals surface area contributed by atoms with E-state index < -0.39 is 11.8 Å². The van der Waals surface area contributed by atoms with Gasteiger partial charge in [0.2, 0.25) is 0 Å². The molecule has 0 heterocycles. The largest absolute Gasteiger partial charge is 0.490 e. The number of rotatable bonds is 9. The third kappa shape index (κ3) is 7.66. The Morgan fingerprint density at radius 1 is 0.909 bits per heavy atom. The second-order valence-corrected chi connectivity index (χ2v) is 7.36. The highest BCUT2D eigenvalue weighted by molar-refractivity contribution is 6.35. The molecule has 2 amide bonds. The molecule has 170 valence electrons. The summed E-state index contributed by atoms with van der Waals surface area (Å²) in [4.78, 5) is 23.8. The Bertz CT molecular complexity index is 1100. The molecule has 0 saturated carbocycles. The highest BCUT2D eigenvalue weighted by Gasteiger charge is 2.12. The van der Waals surface area contributed by atoms with E-state index in [1.54, 1.807) is 30.3 Å². The van der Waals surface area contributed by atoms with E-state index in [-0.39, 0.29) is 6.54 Å². The van der Waals surface area contributed by atoms with Crippen molar-refractivity contribution >= 4 is 29.6 Å². The van der Waals surface area contributed by atoms with Crippen LogP contribution in [0.4, 0.5) is 0 Å². The molecule has 3 aromatic carbocycles. The molecule has 0 bridgehead atoms. The molecule has 3 aromatic rings. The topological polar surface area (TPSA) is 89.0 Å². The first-order chi connectivity index (χ1) is 16.0. The van der Waals surface area contributed by atoms with Gasteiger partial charge in [-0.25, -0.2) is 5.43 Å². The van der Waals surface area contributed by atoms with Crippen molar-refractivity contribution in [2.75, 3.05) is 6.61 Å². The summed E-state index contributed by atoms with van der Waals surface area (Å²) in [6, 6.07) is 22.0. The highest BCUT2D eigenvalue weighted by atomic mass is 35.5. The smallest absolute Gasteiger partial charge is 0.329 e. The summed E-state index contributed by atoms with van der Waals surface area (Å²) < 4.78 is 11.5. The van der Waals surface area contributed by atoms with Crippen molar-refractivity contribution < 1.29 is 19.1 Å². The lowest BCUT2D eigenvalue weighted by atomic mass is 10.2. The molecule has 0 atom stereocenters. The molecular formula is C25H24ClN3O4. The predicted octanol–water partition coefficient (Wildman–Crippen LogP) is 4.08. The van der Waals surface area contributed by atoms with Gasteiger partial charge >= 0.3 is 11.8 Å². The van der Waals surface area contributed by atoms with Crippen LogP contribution in [0.2, 0.25) is 5.02 Å². The van der Waals surface area contributed by atoms with Crippen LogP contribution in [0, 0.1) is 0 Å². The maximum Gasteiger partial charge on any atom is 0.329 e. The summed E-state index contributed by atoms with van der Waals surface area (Å²) in [5.74, 6) is -0.497. The third-order valence-electron chi connectivity index (χ3n) is 4.46. The van der Waals surface area contributed by atoms with E-state index in [9.17, 15) is 9.59 Å². The van der Waals surface area contributed by atoms with Crippen LogP contribution in [0.25, 0.3) is 0 Å². The van der Waals surface area contributed by atoms with Crippen molar-refractivity contribution in [3.05, 3.63) is 94.5 Å². The molecule has 3 rings (SSSR count). The summed E-state index contributed by atoms with van der Waals surface area (Å²) in [6.45, 7) is 2.94. The normalized spacial score (nSPS) is 10.6. The Kier molecular flexibility index (Phi) is 8.85. The van der Waals surface area contributed by atoms with Gasteiger partial charge in [0, 0.05) is 11.6 Å². The fourth-order valence-electron chi connectivity index (χ4n) is 2.81. The molecule has 7 nitrogen and oxygen atoms in total. The first-order valence-corrected chi connectivity index (χ1v) is 10.7. The minimum Gasteiger partial charge on any atom is -0.490 e. The van der Waals surface area contributed by atoms with E-state index in [1.807, 2.05) is 49.4 Å². The second-order valence-electron chi connectivity index (χ2n) is 6.92. The molecule has 2 N–H and O–H groups in total. The Balaban J connectivity index is 1.54. The molecule has 0 aliphatic carbocycles. The number of halogens is 1. The number of nitrogens with one attached hydrogen (secondary N) is 2. The number of hydrazone groups is 1. The second kappa shape index (κ2) is 12.3. The Labute approximate surface area is 197 Å². The molecule has 8 heteroatoms. The van der Waals surface area contributed by atoms with Crippen molar-refractivity contribution in [2.45, 2.75) is 20.1 Å². The van der Waals surface area contributed by atoms with Gasteiger partial charge in [-0.3, -0.25) is 9.59 Å². The standard InChI is InChI=1S/C25H24ClN3O4/c1-2-32-23-14-20(10-13-22(23)33-17-19-8-11-21(26)12-9-19)16-28-29-25(31)24(30)27-15-18-6-4-3-5-7-18/h3-14,16H,2,15,17H2,1H3,(H,27,30)(H,29,31). The van der Waals surface area contributed by atoms with Crippen molar-refractivity contribution in [1.29, 1.82) is 0 Å². The van der Waals surface area contributed by atoms with E-state index in [1.165, 1.54) is 6.21 Å². The van der Waals surface area contributed by atoms with Gasteiger partial charge in [0.1, 0.15) is 6.61 Å². The minimum absolute atomic E-state index is 0.256. The zero-order valence-corrected chi connectivity index (χ0v) is 18.8. The van der Waals surface area contributed by atoms with Crippen molar-refractivity contribution in [3.8, 4) is 11.5 Å². The molecule has 0 spiro atoms. The van der Waals surface area contributed by atoms with Crippen LogP contribution in [-0.2, 0) is 22.7 Å². The molecule has 0 aliphatic heterocycles. The monoisotopic (exact) mass is 465 g/mol. The van der Waals surface area contributed by atoms with Gasteiger partial charge in [-0.2, -0.15) is 5.10 Å². The number of benzene rings is 3. The van der Waals surface area contributed by atoms with Crippen LogP contribution >= 0.6 is 11.6 Å². The fraction of sp³-hybridized carbons (Fsp3) is 0.160. The number of carbonyl (C=O) groups excluding carboxylic acids is 2. The summed E-state index contributed by atoms with van der Waals surface area (Å²) in [6.07, 6.45) is 1.42. The fourth-order valence-corrected chi connectivity index (χ4v) is 2.93. The van der Waals surface area contributed by atoms with E-state index in [4.69, 9.17) is 21.1 Å². The number of hydrogen-bond acceptors (Lipinski definition) is 5. The van der Waals surface area contributed by atoms with Crippen LogP contribution in [-0.4, -0.2) is 24.6 Å². The van der Waals surface area contributed by atoms with E-state index in [2.05, 4.69) is 15.8 Å². The SMILES string of the molecule is CCOc1cc(C=NNC(=O)C(=O)NCc2ccccc2)ccc1OCc1ccc(Cl)cc1. The van der Waals surface area contributed by atoms with Crippen LogP contribution < -0.4 is 20.2 Å². The number of hydrogen-bond donors (Lipinski definition) is 2. The van der Waals surface area contributed by atoms with Crippen molar-refractivity contribution in [2.24, 2.45) is 5.10 Å². The molecule has 0 aliphatic rings. The number of ether oxygens (including phenoxy) is 2. The van der Waals surface area contributed by atoms with Gasteiger partial charge in [-0.1, -0.05) is 54.1 Å². The maximum atomic E-state index is 11.9. The molecule has 0 aromatic heterocycles. The van der Waals surface area contributed by atoms with Crippen LogP contribution in [0.15, 0.2) is 77.9 Å². The molecule has 0 fully saturated rings. The number of carbonyl (C=O) groups is 2. The van der Waals surface area contributed by atoms with Gasteiger partial charge in [0.05, 0.1) is 12.8 Å². The Morgan fingerprint density at radius 3 is 2.39 bits per heavy atom. The zero-order valence-electron chi connectivity index (χ0n) is 18.1. The zero-order chi connectivity index (χ0) is 23.5. The van der Waals surface area contributed by atoms with Gasteiger partial charge in [-0.05, 0) is 53.9 Å². The van der Waals surface area contributed by atoms with Gasteiger partial charge in [-0.15, -0.1) is 0 Å². The Hall–Kier alpha value is -3.84. The van der Waals surface area contributed by atoms with Gasteiger partial charge in [0.25, 0.3) is 0 Å². The quantitative estimate of drug-likeness (QED) is 0.283. The third-order valence-corrected chi connectivity index (χ3v) is 4.71. The average molecular weight is 466 g/mol. The molecule has 0 radical (unpaired) electrons. The van der Waals surface area contributed by atoms with E-state index >= 15 is 0 Å². The summed E-state index contributed by atoms with van der Waals surface area (Å²) in [5.41, 5.74) is 4.75. The molecule has 0 saturated heterocycles. The first-order valence-electron chi connectivity index (χ1n) is 10.3. The van der Waals surface area contributed by atoms with Gasteiger partial charge < -0.3 is 14.8 Å². The van der Waals surface area contributed by atoms with E-state index in [0.717, 1.165) is 11.1 Å². The maximum absolute atomic E-state index is 11.9. The lowest BCUT2D eigenvalue weighted by Crippen LogP contribution is -2.37. The van der Waals surface area contributed by atoms with Gasteiger partial charge in [0.15, 0.2) is 11.5 Å². The Morgan fingerprint density at radius 2 is 1.67 bits per heavy atom. The summed E-state index contributed by atoms with van der Waals surface area (Å²) >= 11 is 5.91. The van der Waals surface area contributed by atoms with Crippen LogP contribution in [0.5, 0.6) is 11.5 Å². The summed E-state index contributed by atoms with van der Waals surface area (Å²) in [5, 5.41) is 7.06. The predicted molar refractivity (Wildman–Crippen MR) is 127 cm³/mol. The number of nitrogens with zero attached hydrogens (tertiary/aromatic N) is 1. The highest BCUT2D eigenvalue weighted by Crippen LogP contribution is 2.29. The minimum atomic E-state index is -0.852. The first kappa shape index (κ1) is 23.8. The molecule has 0 unspecified atom stereocenters. The lowest BCUT2D eigenvalue weighted by Gasteiger charge is -2.12. The van der Waals surface area contributed by atoms with Crippen molar-refractivity contribution in [1.82, 2.24) is 10.7 Å². The number of amides is 2.